The zero-order valence-electron chi connectivity index (χ0n) is 22.5. The predicted octanol–water partition coefficient (Wildman–Crippen LogP) is 5.34. The van der Waals surface area contributed by atoms with Gasteiger partial charge in [0, 0.05) is 13.3 Å². The average Bonchev–Trinajstić information content (AvgIpc) is 3.41. The quantitative estimate of drug-likeness (QED) is 0.233. The number of nitrogen functional groups attached to an aromatic ring is 1. The van der Waals surface area contributed by atoms with Gasteiger partial charge in [0.15, 0.2) is 0 Å². The minimum Gasteiger partial charge on any atom is -0.436 e. The van der Waals surface area contributed by atoms with Crippen LogP contribution in [0.1, 0.15) is 32.9 Å². The zero-order valence-corrected chi connectivity index (χ0v) is 24.1. The smallest absolute Gasteiger partial charge is 0.351 e. The fourth-order valence-corrected chi connectivity index (χ4v) is 4.55. The van der Waals surface area contributed by atoms with Gasteiger partial charge in [-0.1, -0.05) is 41.9 Å². The van der Waals surface area contributed by atoms with E-state index in [0.29, 0.717) is 24.7 Å². The lowest BCUT2D eigenvalue weighted by molar-refractivity contribution is -0.106. The number of nitrogens with two attached hydrogens (primary N) is 1. The number of anilines is 1. The van der Waals surface area contributed by atoms with Gasteiger partial charge in [0.1, 0.15) is 24.1 Å². The summed E-state index contributed by atoms with van der Waals surface area (Å²) in [5.41, 5.74) is 5.05. The molecule has 3 atom stereocenters. The number of aromatic nitrogens is 2. The third-order valence-corrected chi connectivity index (χ3v) is 6.88. The van der Waals surface area contributed by atoms with Crippen LogP contribution in [0, 0.1) is 0 Å². The van der Waals surface area contributed by atoms with E-state index in [1.165, 1.54) is 10.8 Å². The SMILES string of the molecule is COC(C)C.FCF.Nc1nc(=O)n(C2CCC(COP(NCC=O)Oc3ccc4ccccc4c3)O2)cc1Cl. The molecule has 0 radical (unpaired) electrons. The lowest BCUT2D eigenvalue weighted by Crippen LogP contribution is -2.28. The van der Waals surface area contributed by atoms with E-state index in [1.54, 1.807) is 7.11 Å². The van der Waals surface area contributed by atoms with Crippen molar-refractivity contribution >= 4 is 43.0 Å². The molecule has 4 rings (SSSR count). The summed E-state index contributed by atoms with van der Waals surface area (Å²) < 4.78 is 43.1. The van der Waals surface area contributed by atoms with E-state index < -0.39 is 27.4 Å². The molecule has 3 N–H and O–H groups in total. The second-order valence-electron chi connectivity index (χ2n) is 8.52. The average molecular weight is 603 g/mol. The van der Waals surface area contributed by atoms with Crippen LogP contribution in [0.2, 0.25) is 5.02 Å². The molecule has 1 aliphatic rings. The van der Waals surface area contributed by atoms with Crippen molar-refractivity contribution in [3.05, 3.63) is 64.2 Å². The molecule has 0 saturated carbocycles. The summed E-state index contributed by atoms with van der Waals surface area (Å²) in [5.74, 6) is 0.621. The number of hydrogen-bond donors (Lipinski definition) is 2. The first-order valence-electron chi connectivity index (χ1n) is 12.3. The molecule has 40 heavy (non-hydrogen) atoms. The molecule has 2 aromatic carbocycles. The molecule has 0 aliphatic carbocycles. The lowest BCUT2D eigenvalue weighted by Gasteiger charge is -2.20. The van der Waals surface area contributed by atoms with Crippen molar-refractivity contribution in [1.82, 2.24) is 14.6 Å². The lowest BCUT2D eigenvalue weighted by atomic mass is 10.1. The maximum Gasteiger partial charge on any atom is 0.351 e. The number of alkyl halides is 2. The maximum atomic E-state index is 12.1. The monoisotopic (exact) mass is 602 g/mol. The number of nitrogens with one attached hydrogen (secondary N) is 1. The van der Waals surface area contributed by atoms with Crippen LogP contribution in [-0.2, 0) is 18.8 Å². The van der Waals surface area contributed by atoms with Crippen LogP contribution < -0.4 is 21.0 Å². The van der Waals surface area contributed by atoms with E-state index in [2.05, 4.69) is 10.1 Å². The number of methoxy groups -OCH3 is 1. The number of benzene rings is 2. The van der Waals surface area contributed by atoms with Crippen molar-refractivity contribution in [2.45, 2.75) is 45.1 Å². The van der Waals surface area contributed by atoms with Crippen LogP contribution in [0.5, 0.6) is 5.75 Å². The van der Waals surface area contributed by atoms with Crippen molar-refractivity contribution in [3.63, 3.8) is 0 Å². The van der Waals surface area contributed by atoms with Gasteiger partial charge in [0.2, 0.25) is 6.93 Å². The summed E-state index contributed by atoms with van der Waals surface area (Å²) in [4.78, 5) is 26.6. The molecule has 0 spiro atoms. The van der Waals surface area contributed by atoms with Crippen molar-refractivity contribution in [2.24, 2.45) is 0 Å². The Labute approximate surface area is 237 Å². The maximum absolute atomic E-state index is 12.1. The Balaban J connectivity index is 0.000000621. The van der Waals surface area contributed by atoms with E-state index in [9.17, 15) is 18.4 Å². The molecular weight excluding hydrogens is 569 g/mol. The highest BCUT2D eigenvalue weighted by Crippen LogP contribution is 2.38. The molecule has 1 aliphatic heterocycles. The van der Waals surface area contributed by atoms with Gasteiger partial charge < -0.3 is 29.0 Å². The van der Waals surface area contributed by atoms with Gasteiger partial charge in [-0.2, -0.15) is 4.98 Å². The fourth-order valence-electron chi connectivity index (χ4n) is 3.36. The summed E-state index contributed by atoms with van der Waals surface area (Å²) in [6.07, 6.45) is 3.07. The number of rotatable bonds is 10. The van der Waals surface area contributed by atoms with E-state index in [1.807, 2.05) is 56.3 Å². The molecule has 3 unspecified atom stereocenters. The highest BCUT2D eigenvalue weighted by atomic mass is 35.5. The number of carbonyl (C=O) groups excluding carboxylic acids is 1. The van der Waals surface area contributed by atoms with Crippen molar-refractivity contribution in [3.8, 4) is 5.75 Å². The van der Waals surface area contributed by atoms with Crippen LogP contribution in [0.25, 0.3) is 10.8 Å². The third kappa shape index (κ3) is 11.0. The molecular formula is C26H34ClF2N4O6P. The molecule has 220 valence electrons. The van der Waals surface area contributed by atoms with Crippen LogP contribution in [-0.4, -0.2) is 55.2 Å². The molecule has 3 aromatic rings. The Morgan fingerprint density at radius 3 is 2.58 bits per heavy atom. The van der Waals surface area contributed by atoms with Gasteiger partial charge in [0.25, 0.3) is 0 Å². The number of hydrogen-bond acceptors (Lipinski definition) is 9. The third-order valence-electron chi connectivity index (χ3n) is 5.39. The van der Waals surface area contributed by atoms with Gasteiger partial charge in [0.05, 0.1) is 30.4 Å². The standard InChI is InChI=1S/C21H22ClN4O5P.C4H10O.CH2F2/c22-18-12-26(21(28)25-20(18)23)19-8-7-17(30-19)13-29-32(24-9-10-27)31-16-6-5-14-3-1-2-4-15(14)11-16;1-4(2)5-3;2-1-3/h1-6,10-12,17,19,24H,7-9,13H2,(H2,23,25,28);4H,1-3H3;1H2. The van der Waals surface area contributed by atoms with E-state index in [4.69, 9.17) is 35.9 Å². The normalized spacial score (nSPS) is 17.0. The zero-order chi connectivity index (χ0) is 29.5. The second-order valence-corrected chi connectivity index (χ2v) is 10.2. The summed E-state index contributed by atoms with van der Waals surface area (Å²) >= 11 is 5.99. The van der Waals surface area contributed by atoms with E-state index in [-0.39, 0.29) is 30.1 Å². The predicted molar refractivity (Wildman–Crippen MR) is 152 cm³/mol. The summed E-state index contributed by atoms with van der Waals surface area (Å²) in [6, 6.07) is 13.7. The highest BCUT2D eigenvalue weighted by Gasteiger charge is 2.29. The first kappa shape index (κ1) is 33.5. The molecule has 14 heteroatoms. The first-order chi connectivity index (χ1) is 19.2. The molecule has 0 bridgehead atoms. The molecule has 1 fully saturated rings. The summed E-state index contributed by atoms with van der Waals surface area (Å²) in [6.45, 7) is 2.57. The largest absolute Gasteiger partial charge is 0.436 e. The van der Waals surface area contributed by atoms with Gasteiger partial charge >= 0.3 is 14.2 Å². The Morgan fingerprint density at radius 2 is 1.93 bits per heavy atom. The Bertz CT molecular complexity index is 1260. The molecule has 2 heterocycles. The Hall–Kier alpha value is -2.73. The van der Waals surface area contributed by atoms with Crippen LogP contribution in [0.4, 0.5) is 14.6 Å². The van der Waals surface area contributed by atoms with Crippen LogP contribution >= 0.6 is 20.1 Å². The van der Waals surface area contributed by atoms with Crippen LogP contribution in [0.3, 0.4) is 0 Å². The minimum absolute atomic E-state index is 0.0106. The Kier molecular flexibility index (Phi) is 14.9. The van der Waals surface area contributed by atoms with Crippen molar-refractivity contribution in [1.29, 1.82) is 0 Å². The first-order valence-corrected chi connectivity index (χ1v) is 13.9. The summed E-state index contributed by atoms with van der Waals surface area (Å²) in [5, 5.41) is 5.29. The number of aldehydes is 1. The molecule has 1 saturated heterocycles. The van der Waals surface area contributed by atoms with Gasteiger partial charge in [-0.3, -0.25) is 4.57 Å². The van der Waals surface area contributed by atoms with Gasteiger partial charge in [-0.15, -0.1) is 0 Å². The topological polar surface area (TPSA) is 127 Å². The number of fused-ring (bicyclic) bond motifs is 1. The molecule has 0 amide bonds. The number of halogens is 3. The van der Waals surface area contributed by atoms with Gasteiger partial charge in [-0.25, -0.2) is 18.7 Å². The van der Waals surface area contributed by atoms with Gasteiger partial charge in [-0.05, 0) is 49.6 Å². The van der Waals surface area contributed by atoms with Crippen LogP contribution in [0.15, 0.2) is 53.5 Å². The van der Waals surface area contributed by atoms with E-state index in [0.717, 1.165) is 17.1 Å². The van der Waals surface area contributed by atoms with Crippen molar-refractivity contribution in [2.75, 3.05) is 32.9 Å². The number of ether oxygens (including phenoxy) is 2. The Morgan fingerprint density at radius 1 is 1.25 bits per heavy atom. The number of nitrogens with zero attached hydrogens (tertiary/aromatic N) is 2. The number of carbonyl (C=O) groups is 1. The minimum atomic E-state index is -1.75. The molecule has 10 nitrogen and oxygen atoms in total. The fraction of sp³-hybridized carbons (Fsp3) is 0.423. The highest BCUT2D eigenvalue weighted by molar-refractivity contribution is 7.45. The van der Waals surface area contributed by atoms with Crippen molar-refractivity contribution < 1.29 is 32.1 Å². The summed E-state index contributed by atoms with van der Waals surface area (Å²) in [7, 11) is 0.121. The second kappa shape index (κ2) is 17.9. The van der Waals surface area contributed by atoms with E-state index >= 15 is 0 Å². The molecule has 1 aromatic heterocycles.